The molecule has 0 radical (unpaired) electrons. The zero-order chi connectivity index (χ0) is 38.8. The largest absolute Gasteiger partial charge is 0.543 e. The molecule has 2 atom stereocenters. The number of thiazole rings is 1. The lowest BCUT2D eigenvalue weighted by Crippen LogP contribution is -2.71. The molecule has 0 spiro atoms. The fraction of sp³-hybridized carbons (Fsp3) is 0.333. The number of phenolic OH excluding ortho intramolecular Hbond substituents is 1. The topological polar surface area (TPSA) is 224 Å². The van der Waals surface area contributed by atoms with Crippen LogP contribution in [0.3, 0.4) is 0 Å². The number of carbonyl (C=O) groups is 5. The monoisotopic (exact) mass is 790 g/mol. The van der Waals surface area contributed by atoms with Gasteiger partial charge in [0.2, 0.25) is 12.5 Å². The zero-order valence-electron chi connectivity index (χ0n) is 29.1. The third-order valence-corrected chi connectivity index (χ3v) is 11.5. The zero-order valence-corrected chi connectivity index (χ0v) is 30.7. The summed E-state index contributed by atoms with van der Waals surface area (Å²) in [7, 11) is 0. The lowest BCUT2D eigenvalue weighted by Gasteiger charge is -2.50. The second kappa shape index (κ2) is 15.9. The highest BCUT2D eigenvalue weighted by atomic mass is 32.2. The predicted octanol–water partition coefficient (Wildman–Crippen LogP) is 0.922. The number of aromatic hydroxyl groups is 1. The van der Waals surface area contributed by atoms with E-state index in [9.17, 15) is 38.6 Å². The Labute approximate surface area is 321 Å². The van der Waals surface area contributed by atoms with E-state index in [-0.39, 0.29) is 64.3 Å². The Balaban J connectivity index is 0.977. The van der Waals surface area contributed by atoms with Gasteiger partial charge in [-0.15, -0.1) is 23.1 Å². The van der Waals surface area contributed by atoms with Gasteiger partial charge in [0.05, 0.1) is 11.7 Å². The summed E-state index contributed by atoms with van der Waals surface area (Å²) in [5, 5.41) is 32.1. The highest BCUT2D eigenvalue weighted by molar-refractivity contribution is 8.00. The van der Waals surface area contributed by atoms with Crippen molar-refractivity contribution >= 4 is 69.2 Å². The van der Waals surface area contributed by atoms with E-state index in [1.807, 2.05) is 0 Å². The maximum atomic E-state index is 13.6. The van der Waals surface area contributed by atoms with Crippen molar-refractivity contribution in [3.8, 4) is 5.75 Å². The summed E-state index contributed by atoms with van der Waals surface area (Å²) >= 11 is 2.37. The Morgan fingerprint density at radius 2 is 1.95 bits per heavy atom. The van der Waals surface area contributed by atoms with E-state index < -0.39 is 46.7 Å². The minimum atomic E-state index is -1.58. The van der Waals surface area contributed by atoms with Crippen LogP contribution in [-0.2, 0) is 41.9 Å². The summed E-state index contributed by atoms with van der Waals surface area (Å²) in [6, 6.07) is 5.99. The van der Waals surface area contributed by atoms with Gasteiger partial charge in [-0.25, -0.2) is 9.37 Å². The first-order chi connectivity index (χ1) is 26.4. The third-order valence-electron chi connectivity index (χ3n) is 9.51. The van der Waals surface area contributed by atoms with Gasteiger partial charge in [0, 0.05) is 53.7 Å². The molecule has 0 unspecified atom stereocenters. The fourth-order valence-electron chi connectivity index (χ4n) is 6.71. The van der Waals surface area contributed by atoms with Crippen LogP contribution in [0.4, 0.5) is 15.2 Å². The minimum absolute atomic E-state index is 0.0630. The number of thioether (sulfide) groups is 1. The third kappa shape index (κ3) is 8.16. The summed E-state index contributed by atoms with van der Waals surface area (Å²) in [6.45, 7) is 0.576. The van der Waals surface area contributed by atoms with Crippen molar-refractivity contribution in [2.75, 3.05) is 23.3 Å². The SMILES string of the molecule is Nc1nc(/C(=N/OC2CCCC2)C(=O)N[C@@H]2C(=O)N3C(C(=O)[O-])=C(C=C4CCN(Cc5cc[n+](CC(=O)Nc6ccc(O)c(F)c6)cc5)C4=O)CS[C@H]23)cs1. The number of likely N-dealkylation sites (tertiary alicyclic amines) is 1. The Bertz CT molecular complexity index is 2150. The molecule has 0 bridgehead atoms. The maximum absolute atomic E-state index is 13.6. The predicted molar refractivity (Wildman–Crippen MR) is 195 cm³/mol. The van der Waals surface area contributed by atoms with E-state index in [2.05, 4.69) is 20.8 Å². The molecule has 3 fully saturated rings. The molecule has 16 nitrogen and oxygen atoms in total. The van der Waals surface area contributed by atoms with Crippen LogP contribution >= 0.6 is 23.1 Å². The minimum Gasteiger partial charge on any atom is -0.543 e. The first-order valence-corrected chi connectivity index (χ1v) is 19.3. The fourth-order valence-corrected chi connectivity index (χ4v) is 8.56. The number of halogens is 1. The van der Waals surface area contributed by atoms with Crippen molar-refractivity contribution in [3.05, 3.63) is 88.1 Å². The van der Waals surface area contributed by atoms with Crippen LogP contribution in [-0.4, -0.2) is 85.0 Å². The average molecular weight is 791 g/mol. The number of phenols is 1. The first kappa shape index (κ1) is 37.5. The van der Waals surface area contributed by atoms with E-state index in [0.29, 0.717) is 18.5 Å². The molecule has 1 aliphatic carbocycles. The summed E-state index contributed by atoms with van der Waals surface area (Å²) in [4.78, 5) is 77.5. The number of hydrogen-bond donors (Lipinski definition) is 4. The number of anilines is 2. The van der Waals surface area contributed by atoms with Crippen molar-refractivity contribution in [1.82, 2.24) is 20.1 Å². The number of nitrogens with zero attached hydrogens (tertiary/aromatic N) is 5. The Morgan fingerprint density at radius 1 is 1.18 bits per heavy atom. The highest BCUT2D eigenvalue weighted by Crippen LogP contribution is 2.41. The number of nitrogens with one attached hydrogen (secondary N) is 2. The van der Waals surface area contributed by atoms with Gasteiger partial charge in [0.15, 0.2) is 34.8 Å². The van der Waals surface area contributed by atoms with Gasteiger partial charge in [-0.2, -0.15) is 4.57 Å². The van der Waals surface area contributed by atoms with Gasteiger partial charge in [0.1, 0.15) is 23.2 Å². The van der Waals surface area contributed by atoms with Crippen LogP contribution < -0.4 is 26.0 Å². The van der Waals surface area contributed by atoms with Gasteiger partial charge in [-0.05, 0) is 61.4 Å². The number of nitrogens with two attached hydrogens (primary N) is 1. The van der Waals surface area contributed by atoms with Crippen molar-refractivity contribution in [2.24, 2.45) is 5.16 Å². The van der Waals surface area contributed by atoms with Crippen molar-refractivity contribution < 1.29 is 48.0 Å². The van der Waals surface area contributed by atoms with Crippen LogP contribution in [0.1, 0.15) is 43.4 Å². The van der Waals surface area contributed by atoms with Gasteiger partial charge in [0.25, 0.3) is 17.7 Å². The van der Waals surface area contributed by atoms with E-state index >= 15 is 0 Å². The number of pyridine rings is 1. The number of nitrogen functional groups attached to an aromatic ring is 1. The molecule has 55 heavy (non-hydrogen) atoms. The molecule has 1 aromatic carbocycles. The molecular weight excluding hydrogens is 756 g/mol. The quantitative estimate of drug-likeness (QED) is 0.0504. The molecule has 3 aromatic rings. The normalized spacial score (nSPS) is 20.8. The molecule has 2 saturated heterocycles. The number of aliphatic carboxylic acids is 1. The van der Waals surface area contributed by atoms with Gasteiger partial charge < -0.3 is 41.1 Å². The van der Waals surface area contributed by atoms with Crippen LogP contribution in [0.2, 0.25) is 0 Å². The number of oxime groups is 1. The van der Waals surface area contributed by atoms with Crippen LogP contribution in [0.15, 0.2) is 76.2 Å². The number of rotatable bonds is 12. The van der Waals surface area contributed by atoms with Gasteiger partial charge in [-0.3, -0.25) is 24.1 Å². The van der Waals surface area contributed by atoms with E-state index in [1.165, 1.54) is 23.9 Å². The molecular formula is C36H35FN8O8S2. The van der Waals surface area contributed by atoms with Crippen molar-refractivity contribution in [2.45, 2.75) is 62.7 Å². The molecule has 1 saturated carbocycles. The Kier molecular flexibility index (Phi) is 10.8. The average Bonchev–Trinajstić information content (AvgIpc) is 3.92. The second-order valence-electron chi connectivity index (χ2n) is 13.3. The molecule has 3 aliphatic heterocycles. The number of benzene rings is 1. The second-order valence-corrected chi connectivity index (χ2v) is 15.3. The number of fused-ring (bicyclic) bond motifs is 1. The van der Waals surface area contributed by atoms with Gasteiger partial charge >= 0.3 is 0 Å². The van der Waals surface area contributed by atoms with Crippen LogP contribution in [0.5, 0.6) is 5.75 Å². The van der Waals surface area contributed by atoms with Crippen molar-refractivity contribution in [1.29, 1.82) is 0 Å². The van der Waals surface area contributed by atoms with Gasteiger partial charge in [-0.1, -0.05) is 5.16 Å². The molecule has 4 aliphatic rings. The molecule has 5 heterocycles. The Morgan fingerprint density at radius 3 is 2.64 bits per heavy atom. The summed E-state index contributed by atoms with van der Waals surface area (Å²) < 4.78 is 15.2. The standard InChI is InChI=1S/C36H35FN8O8S2/c37-24-14-22(5-6-26(24)46)39-27(47)16-43-10-7-19(8-11-43)15-44-12-9-20(32(44)49)13-21-17-54-34-29(33(50)45(34)30(21)35(51)52)41-31(48)28(25-18-55-36(38)40-25)42-53-23-3-1-2-4-23/h5-8,10-11,13-14,18,23,29,34H,1-4,9,12,15-17H2,(H5-,38,39,40,41,42,46,47,48,51,52)/t29-,34-/m1/s1. The summed E-state index contributed by atoms with van der Waals surface area (Å²) in [5.74, 6) is -4.87. The van der Waals surface area contributed by atoms with E-state index in [0.717, 1.165) is 59.6 Å². The maximum Gasteiger partial charge on any atom is 0.290 e. The number of amides is 4. The molecule has 19 heteroatoms. The highest BCUT2D eigenvalue weighted by Gasteiger charge is 2.53. The first-order valence-electron chi connectivity index (χ1n) is 17.4. The number of aromatic nitrogens is 2. The van der Waals surface area contributed by atoms with Crippen LogP contribution in [0.25, 0.3) is 0 Å². The lowest BCUT2D eigenvalue weighted by molar-refractivity contribution is -0.684. The number of hydrogen-bond acceptors (Lipinski definition) is 13. The summed E-state index contributed by atoms with van der Waals surface area (Å²) in [5.41, 5.74) is 7.11. The smallest absolute Gasteiger partial charge is 0.290 e. The number of allylic oxidation sites excluding steroid dienone is 1. The molecule has 2 aromatic heterocycles. The van der Waals surface area contributed by atoms with Crippen LogP contribution in [0, 0.1) is 5.82 Å². The molecule has 4 amide bonds. The molecule has 7 rings (SSSR count). The summed E-state index contributed by atoms with van der Waals surface area (Å²) in [6.07, 6.45) is 8.65. The van der Waals surface area contributed by atoms with E-state index in [1.54, 1.807) is 39.4 Å². The van der Waals surface area contributed by atoms with E-state index in [4.69, 9.17) is 10.6 Å². The molecule has 5 N–H and O–H groups in total. The Hall–Kier alpha value is -5.82. The number of carboxylic acids is 1. The number of carboxylic acid groups (broad SMARTS) is 1. The number of β-lactam (4-membered cyclic amide) rings is 1. The number of carbonyl (C=O) groups excluding carboxylic acids is 5. The molecule has 286 valence electrons. The lowest BCUT2D eigenvalue weighted by atomic mass is 10.0. The van der Waals surface area contributed by atoms with Crippen molar-refractivity contribution in [3.63, 3.8) is 0 Å².